The molecule has 0 saturated carbocycles. The molecule has 0 rings (SSSR count). The van der Waals surface area contributed by atoms with E-state index in [1.807, 2.05) is 13.8 Å². The number of aliphatic carboxylic acids is 1. The number of hydrogen-bond acceptors (Lipinski definition) is 3. The molecule has 1 atom stereocenters. The van der Waals surface area contributed by atoms with Crippen LogP contribution < -0.4 is 11.5 Å². The SMILES string of the molecule is CC.C[C@@](N)(C/C=C/CN)C(=O)O. The molecule has 0 spiro atoms. The van der Waals surface area contributed by atoms with Gasteiger partial charge in [-0.25, -0.2) is 0 Å². The highest BCUT2D eigenvalue weighted by Gasteiger charge is 2.25. The Labute approximate surface area is 79.6 Å². The van der Waals surface area contributed by atoms with Crippen molar-refractivity contribution in [2.24, 2.45) is 11.5 Å². The van der Waals surface area contributed by atoms with Crippen LogP contribution in [0.2, 0.25) is 0 Å². The van der Waals surface area contributed by atoms with Gasteiger partial charge >= 0.3 is 5.97 Å². The molecule has 0 unspecified atom stereocenters. The van der Waals surface area contributed by atoms with Crippen molar-refractivity contribution in [1.82, 2.24) is 0 Å². The Hall–Kier alpha value is -0.870. The van der Waals surface area contributed by atoms with E-state index in [9.17, 15) is 4.79 Å². The molecule has 0 saturated heterocycles. The van der Waals surface area contributed by atoms with Gasteiger partial charge in [0.1, 0.15) is 5.54 Å². The minimum absolute atomic E-state index is 0.305. The van der Waals surface area contributed by atoms with Gasteiger partial charge in [0.05, 0.1) is 0 Å². The first-order chi connectivity index (χ1) is 6.00. The summed E-state index contributed by atoms with van der Waals surface area (Å²) >= 11 is 0. The van der Waals surface area contributed by atoms with E-state index < -0.39 is 11.5 Å². The summed E-state index contributed by atoms with van der Waals surface area (Å²) in [6, 6.07) is 0. The van der Waals surface area contributed by atoms with E-state index in [0.29, 0.717) is 13.0 Å². The highest BCUT2D eigenvalue weighted by atomic mass is 16.4. The third-order valence-corrected chi connectivity index (χ3v) is 1.33. The number of carbonyl (C=O) groups is 1. The number of carboxylic acid groups (broad SMARTS) is 1. The maximum absolute atomic E-state index is 10.4. The smallest absolute Gasteiger partial charge is 0.323 e. The van der Waals surface area contributed by atoms with E-state index >= 15 is 0 Å². The van der Waals surface area contributed by atoms with Crippen molar-refractivity contribution in [3.63, 3.8) is 0 Å². The van der Waals surface area contributed by atoms with Gasteiger partial charge in [-0.05, 0) is 13.3 Å². The van der Waals surface area contributed by atoms with Gasteiger partial charge in [0.25, 0.3) is 0 Å². The molecule has 4 nitrogen and oxygen atoms in total. The monoisotopic (exact) mass is 188 g/mol. The van der Waals surface area contributed by atoms with Crippen molar-refractivity contribution < 1.29 is 9.90 Å². The zero-order valence-electron chi connectivity index (χ0n) is 8.58. The van der Waals surface area contributed by atoms with E-state index in [2.05, 4.69) is 0 Å². The standard InChI is InChI=1S/C7H14N2O2.C2H6/c1-7(9,6(10)11)4-2-3-5-8;1-2/h2-3H,4-5,8-9H2,1H3,(H,10,11);1-2H3/b3-2+;/t7-;/m1./s1. The lowest BCUT2D eigenvalue weighted by atomic mass is 10.00. The maximum Gasteiger partial charge on any atom is 0.323 e. The van der Waals surface area contributed by atoms with Gasteiger partial charge in [-0.2, -0.15) is 0 Å². The van der Waals surface area contributed by atoms with Gasteiger partial charge in [0.2, 0.25) is 0 Å². The summed E-state index contributed by atoms with van der Waals surface area (Å²) in [5.74, 6) is -1.00. The van der Waals surface area contributed by atoms with Crippen LogP contribution in [0.4, 0.5) is 0 Å². The highest BCUT2D eigenvalue weighted by molar-refractivity contribution is 5.78. The number of rotatable bonds is 4. The number of hydrogen-bond donors (Lipinski definition) is 3. The Balaban J connectivity index is 0. The van der Waals surface area contributed by atoms with E-state index in [1.54, 1.807) is 12.2 Å². The molecule has 0 fully saturated rings. The van der Waals surface area contributed by atoms with Crippen molar-refractivity contribution in [3.8, 4) is 0 Å². The second-order valence-electron chi connectivity index (χ2n) is 2.63. The maximum atomic E-state index is 10.4. The Bertz CT molecular complexity index is 165. The molecule has 0 aromatic carbocycles. The van der Waals surface area contributed by atoms with Crippen molar-refractivity contribution in [2.75, 3.05) is 6.54 Å². The molecule has 0 amide bonds. The van der Waals surface area contributed by atoms with Gasteiger partial charge in [-0.3, -0.25) is 4.79 Å². The van der Waals surface area contributed by atoms with Gasteiger partial charge in [0, 0.05) is 6.54 Å². The molecule has 13 heavy (non-hydrogen) atoms. The van der Waals surface area contributed by atoms with E-state index in [-0.39, 0.29) is 0 Å². The van der Waals surface area contributed by atoms with Crippen LogP contribution >= 0.6 is 0 Å². The molecule has 0 aromatic rings. The van der Waals surface area contributed by atoms with Crippen LogP contribution in [0.1, 0.15) is 27.2 Å². The molecule has 0 heterocycles. The average Bonchev–Trinajstić information content (AvgIpc) is 2.08. The molecule has 78 valence electrons. The van der Waals surface area contributed by atoms with Crippen LogP contribution in [0.5, 0.6) is 0 Å². The molecule has 0 aliphatic heterocycles. The Morgan fingerprint density at radius 2 is 1.92 bits per heavy atom. The largest absolute Gasteiger partial charge is 0.480 e. The number of carboxylic acids is 1. The summed E-state index contributed by atoms with van der Waals surface area (Å²) in [5.41, 5.74) is 9.39. The molecule has 0 aliphatic rings. The van der Waals surface area contributed by atoms with Gasteiger partial charge < -0.3 is 16.6 Å². The molecule has 0 bridgehead atoms. The fourth-order valence-corrected chi connectivity index (χ4v) is 0.512. The second kappa shape index (κ2) is 7.76. The van der Waals surface area contributed by atoms with E-state index in [4.69, 9.17) is 16.6 Å². The molecule has 4 heteroatoms. The lowest BCUT2D eigenvalue weighted by Gasteiger charge is -2.15. The molecule has 0 aliphatic carbocycles. The van der Waals surface area contributed by atoms with Crippen LogP contribution in [-0.2, 0) is 4.79 Å². The van der Waals surface area contributed by atoms with Crippen LogP contribution in [0.3, 0.4) is 0 Å². The first-order valence-electron chi connectivity index (χ1n) is 4.38. The molecular formula is C9H20N2O2. The van der Waals surface area contributed by atoms with Crippen molar-refractivity contribution in [3.05, 3.63) is 12.2 Å². The fraction of sp³-hybridized carbons (Fsp3) is 0.667. The Kier molecular flexibility index (Phi) is 8.74. The lowest BCUT2D eigenvalue weighted by Crippen LogP contribution is -2.44. The third-order valence-electron chi connectivity index (χ3n) is 1.33. The molecule has 0 radical (unpaired) electrons. The summed E-state index contributed by atoms with van der Waals surface area (Å²) in [4.78, 5) is 10.4. The minimum Gasteiger partial charge on any atom is -0.480 e. The highest BCUT2D eigenvalue weighted by Crippen LogP contribution is 2.05. The first kappa shape index (κ1) is 14.6. The Morgan fingerprint density at radius 3 is 2.23 bits per heavy atom. The van der Waals surface area contributed by atoms with Crippen LogP contribution in [0, 0.1) is 0 Å². The van der Waals surface area contributed by atoms with E-state index in [0.717, 1.165) is 0 Å². The summed E-state index contributed by atoms with van der Waals surface area (Å²) in [7, 11) is 0. The van der Waals surface area contributed by atoms with E-state index in [1.165, 1.54) is 6.92 Å². The number of nitrogens with two attached hydrogens (primary N) is 2. The molecular weight excluding hydrogens is 168 g/mol. The second-order valence-corrected chi connectivity index (χ2v) is 2.63. The van der Waals surface area contributed by atoms with Crippen molar-refractivity contribution >= 4 is 5.97 Å². The summed E-state index contributed by atoms with van der Waals surface area (Å²) in [5, 5.41) is 8.55. The summed E-state index contributed by atoms with van der Waals surface area (Å²) < 4.78 is 0. The normalized spacial score (nSPS) is 14.5. The van der Waals surface area contributed by atoms with Crippen LogP contribution in [0.25, 0.3) is 0 Å². The van der Waals surface area contributed by atoms with Crippen LogP contribution in [0.15, 0.2) is 12.2 Å². The molecule has 0 aromatic heterocycles. The minimum atomic E-state index is -1.17. The zero-order chi connectivity index (χ0) is 10.9. The van der Waals surface area contributed by atoms with Crippen molar-refractivity contribution in [1.29, 1.82) is 0 Å². The lowest BCUT2D eigenvalue weighted by molar-refractivity contribution is -0.142. The van der Waals surface area contributed by atoms with Gasteiger partial charge in [-0.1, -0.05) is 26.0 Å². The fourth-order valence-electron chi connectivity index (χ4n) is 0.512. The quantitative estimate of drug-likeness (QED) is 0.567. The predicted octanol–water partition coefficient (Wildman–Crippen LogP) is 0.720. The van der Waals surface area contributed by atoms with Crippen LogP contribution in [-0.4, -0.2) is 23.2 Å². The molecule has 5 N–H and O–H groups in total. The summed E-state index contributed by atoms with van der Waals surface area (Å²) in [6.07, 6.45) is 3.67. The van der Waals surface area contributed by atoms with Gasteiger partial charge in [-0.15, -0.1) is 0 Å². The average molecular weight is 188 g/mol. The zero-order valence-corrected chi connectivity index (χ0v) is 8.58. The topological polar surface area (TPSA) is 89.3 Å². The Morgan fingerprint density at radius 1 is 1.46 bits per heavy atom. The van der Waals surface area contributed by atoms with Gasteiger partial charge in [0.15, 0.2) is 0 Å². The van der Waals surface area contributed by atoms with Crippen molar-refractivity contribution in [2.45, 2.75) is 32.7 Å². The first-order valence-corrected chi connectivity index (χ1v) is 4.38. The summed E-state index contributed by atoms with van der Waals surface area (Å²) in [6.45, 7) is 5.88. The predicted molar refractivity (Wildman–Crippen MR) is 54.4 cm³/mol. The third kappa shape index (κ3) is 7.49.